The summed E-state index contributed by atoms with van der Waals surface area (Å²) in [5.74, 6) is 1.56. The van der Waals surface area contributed by atoms with Gasteiger partial charge in [0.1, 0.15) is 0 Å². The second-order valence-electron chi connectivity index (χ2n) is 6.19. The largest absolute Gasteiger partial charge is 0.312 e. The summed E-state index contributed by atoms with van der Waals surface area (Å²) in [5.41, 5.74) is 3.08. The van der Waals surface area contributed by atoms with E-state index in [4.69, 9.17) is 0 Å². The van der Waals surface area contributed by atoms with Crippen molar-refractivity contribution in [2.45, 2.75) is 46.1 Å². The molecular formula is C17H23NS. The fourth-order valence-corrected chi connectivity index (χ4v) is 4.08. The normalized spacial score (nSPS) is 15.6. The van der Waals surface area contributed by atoms with Crippen molar-refractivity contribution in [2.75, 3.05) is 6.54 Å². The van der Waals surface area contributed by atoms with Gasteiger partial charge in [0.25, 0.3) is 0 Å². The van der Waals surface area contributed by atoms with Gasteiger partial charge in [-0.3, -0.25) is 0 Å². The van der Waals surface area contributed by atoms with Gasteiger partial charge in [-0.1, -0.05) is 32.0 Å². The quantitative estimate of drug-likeness (QED) is 0.822. The lowest BCUT2D eigenvalue weighted by Gasteiger charge is -2.07. The zero-order chi connectivity index (χ0) is 13.4. The monoisotopic (exact) mass is 273 g/mol. The smallest absolute Gasteiger partial charge is 0.0378 e. The molecule has 0 radical (unpaired) electrons. The lowest BCUT2D eigenvalue weighted by Crippen LogP contribution is -2.18. The molecule has 0 saturated heterocycles. The van der Waals surface area contributed by atoms with E-state index in [1.54, 1.807) is 10.4 Å². The van der Waals surface area contributed by atoms with Crippen LogP contribution in [0, 0.1) is 12.8 Å². The Balaban J connectivity index is 1.93. The lowest BCUT2D eigenvalue weighted by molar-refractivity contribution is 0.554. The van der Waals surface area contributed by atoms with Gasteiger partial charge in [0.15, 0.2) is 0 Å². The van der Waals surface area contributed by atoms with Crippen LogP contribution in [0.2, 0.25) is 0 Å². The van der Waals surface area contributed by atoms with E-state index in [0.29, 0.717) is 0 Å². The number of fused-ring (bicyclic) bond motifs is 1. The molecule has 1 nitrogen and oxygen atoms in total. The molecule has 1 aromatic heterocycles. The van der Waals surface area contributed by atoms with Crippen LogP contribution in [0.4, 0.5) is 0 Å². The molecule has 3 rings (SSSR count). The third-order valence-electron chi connectivity index (χ3n) is 3.85. The van der Waals surface area contributed by atoms with Crippen LogP contribution in [-0.2, 0) is 6.54 Å². The Morgan fingerprint density at radius 3 is 2.79 bits per heavy atom. The summed E-state index contributed by atoms with van der Waals surface area (Å²) in [6.07, 6.45) is 2.77. The first-order chi connectivity index (χ1) is 9.16. The zero-order valence-electron chi connectivity index (χ0n) is 12.1. The molecule has 0 atom stereocenters. The van der Waals surface area contributed by atoms with Crippen LogP contribution in [0.1, 0.15) is 48.6 Å². The molecule has 102 valence electrons. The van der Waals surface area contributed by atoms with Crippen molar-refractivity contribution in [3.63, 3.8) is 0 Å². The van der Waals surface area contributed by atoms with Crippen LogP contribution < -0.4 is 5.32 Å². The van der Waals surface area contributed by atoms with Crippen LogP contribution in [0.25, 0.3) is 10.1 Å². The maximum Gasteiger partial charge on any atom is 0.0378 e. The molecule has 0 bridgehead atoms. The Bertz CT molecular complexity index is 578. The van der Waals surface area contributed by atoms with Gasteiger partial charge in [-0.2, -0.15) is 0 Å². The molecule has 1 aromatic carbocycles. The highest BCUT2D eigenvalue weighted by atomic mass is 32.1. The van der Waals surface area contributed by atoms with Gasteiger partial charge in [0, 0.05) is 16.1 Å². The molecule has 1 aliphatic rings. The van der Waals surface area contributed by atoms with Gasteiger partial charge in [-0.25, -0.2) is 0 Å². The first-order valence-corrected chi connectivity index (χ1v) is 8.20. The van der Waals surface area contributed by atoms with Gasteiger partial charge in [-0.05, 0) is 54.7 Å². The number of nitrogens with one attached hydrogen (secondary N) is 1. The second kappa shape index (κ2) is 5.26. The molecule has 0 aliphatic heterocycles. The number of thiophene rings is 1. The predicted octanol–water partition coefficient (Wildman–Crippen LogP) is 4.83. The number of rotatable bonds is 5. The Kier molecular flexibility index (Phi) is 3.64. The Labute approximate surface area is 120 Å². The van der Waals surface area contributed by atoms with Crippen LogP contribution >= 0.6 is 11.3 Å². The van der Waals surface area contributed by atoms with Crippen molar-refractivity contribution in [2.24, 2.45) is 5.92 Å². The van der Waals surface area contributed by atoms with E-state index in [1.165, 1.54) is 28.5 Å². The molecule has 1 saturated carbocycles. The molecule has 0 unspecified atom stereocenters. The van der Waals surface area contributed by atoms with Crippen molar-refractivity contribution in [3.05, 3.63) is 34.2 Å². The fourth-order valence-electron chi connectivity index (χ4n) is 2.75. The van der Waals surface area contributed by atoms with E-state index in [0.717, 1.165) is 24.9 Å². The van der Waals surface area contributed by atoms with E-state index in [1.807, 2.05) is 11.3 Å². The molecule has 0 amide bonds. The third kappa shape index (κ3) is 2.70. The summed E-state index contributed by atoms with van der Waals surface area (Å²) in [5, 5.41) is 5.14. The Hall–Kier alpha value is -0.860. The van der Waals surface area contributed by atoms with Crippen LogP contribution in [-0.4, -0.2) is 6.54 Å². The molecule has 1 fully saturated rings. The van der Waals surface area contributed by atoms with E-state index < -0.39 is 0 Å². The fraction of sp³-hybridized carbons (Fsp3) is 0.529. The van der Waals surface area contributed by atoms with E-state index in [2.05, 4.69) is 44.3 Å². The summed E-state index contributed by atoms with van der Waals surface area (Å²) in [6.45, 7) is 8.93. The van der Waals surface area contributed by atoms with Crippen molar-refractivity contribution < 1.29 is 0 Å². The molecule has 2 heteroatoms. The minimum atomic E-state index is 0.723. The lowest BCUT2D eigenvalue weighted by atomic mass is 10.0. The van der Waals surface area contributed by atoms with Crippen molar-refractivity contribution >= 4 is 21.4 Å². The predicted molar refractivity (Wildman–Crippen MR) is 85.1 cm³/mol. The van der Waals surface area contributed by atoms with E-state index in [9.17, 15) is 0 Å². The highest BCUT2D eigenvalue weighted by Crippen LogP contribution is 2.48. The minimum absolute atomic E-state index is 0.723. The first kappa shape index (κ1) is 13.1. The van der Waals surface area contributed by atoms with E-state index in [-0.39, 0.29) is 0 Å². The number of benzene rings is 1. The summed E-state index contributed by atoms with van der Waals surface area (Å²) in [7, 11) is 0. The molecule has 0 spiro atoms. The standard InChI is InChI=1S/C17H23NS/c1-11(2)9-18-10-15-16(13-7-8-13)14-6-4-5-12(3)17(14)19-15/h4-6,11,13,18H,7-10H2,1-3H3. The Morgan fingerprint density at radius 2 is 2.11 bits per heavy atom. The van der Waals surface area contributed by atoms with Gasteiger partial charge in [-0.15, -0.1) is 11.3 Å². The van der Waals surface area contributed by atoms with Gasteiger partial charge >= 0.3 is 0 Å². The molecule has 19 heavy (non-hydrogen) atoms. The zero-order valence-corrected chi connectivity index (χ0v) is 12.9. The number of aryl methyl sites for hydroxylation is 1. The van der Waals surface area contributed by atoms with Gasteiger partial charge < -0.3 is 5.32 Å². The summed E-state index contributed by atoms with van der Waals surface area (Å²) >= 11 is 2.01. The molecular weight excluding hydrogens is 250 g/mol. The maximum absolute atomic E-state index is 3.62. The van der Waals surface area contributed by atoms with Crippen LogP contribution in [0.5, 0.6) is 0 Å². The van der Waals surface area contributed by atoms with Crippen LogP contribution in [0.3, 0.4) is 0 Å². The average molecular weight is 273 g/mol. The maximum atomic E-state index is 3.62. The highest BCUT2D eigenvalue weighted by Gasteiger charge is 2.29. The summed E-state index contributed by atoms with van der Waals surface area (Å²) in [6, 6.07) is 6.76. The first-order valence-electron chi connectivity index (χ1n) is 7.38. The minimum Gasteiger partial charge on any atom is -0.312 e. The highest BCUT2D eigenvalue weighted by molar-refractivity contribution is 7.19. The molecule has 2 aromatic rings. The third-order valence-corrected chi connectivity index (χ3v) is 5.21. The Morgan fingerprint density at radius 1 is 1.32 bits per heavy atom. The second-order valence-corrected chi connectivity index (χ2v) is 7.29. The summed E-state index contributed by atoms with van der Waals surface area (Å²) < 4.78 is 1.51. The molecule has 1 N–H and O–H groups in total. The van der Waals surface area contributed by atoms with Crippen molar-refractivity contribution in [3.8, 4) is 0 Å². The van der Waals surface area contributed by atoms with Crippen molar-refractivity contribution in [1.82, 2.24) is 5.32 Å². The van der Waals surface area contributed by atoms with Crippen molar-refractivity contribution in [1.29, 1.82) is 0 Å². The van der Waals surface area contributed by atoms with Gasteiger partial charge in [0.05, 0.1) is 0 Å². The van der Waals surface area contributed by atoms with E-state index >= 15 is 0 Å². The number of hydrogen-bond acceptors (Lipinski definition) is 2. The van der Waals surface area contributed by atoms with Crippen LogP contribution in [0.15, 0.2) is 18.2 Å². The SMILES string of the molecule is Cc1cccc2c(C3CC3)c(CNCC(C)C)sc12. The average Bonchev–Trinajstić information content (AvgIpc) is 3.11. The molecule has 1 aliphatic carbocycles. The topological polar surface area (TPSA) is 12.0 Å². The summed E-state index contributed by atoms with van der Waals surface area (Å²) in [4.78, 5) is 1.58. The molecule has 1 heterocycles. The van der Waals surface area contributed by atoms with Gasteiger partial charge in [0.2, 0.25) is 0 Å². The number of hydrogen-bond donors (Lipinski definition) is 1.